The molecule has 1 aliphatic carbocycles. The second-order valence-electron chi connectivity index (χ2n) is 11.4. The number of Topliss-reactive ketones (excluding diaryl/α,β-unsaturated/α-hetero) is 1. The van der Waals surface area contributed by atoms with Gasteiger partial charge in [0.1, 0.15) is 0 Å². The fourth-order valence-electron chi connectivity index (χ4n) is 5.81. The predicted molar refractivity (Wildman–Crippen MR) is 143 cm³/mol. The third-order valence-corrected chi connectivity index (χ3v) is 8.40. The van der Waals surface area contributed by atoms with Gasteiger partial charge < -0.3 is 14.7 Å². The van der Waals surface area contributed by atoms with Gasteiger partial charge in [-0.2, -0.15) is 18.3 Å². The summed E-state index contributed by atoms with van der Waals surface area (Å²) in [6, 6.07) is -0.748. The number of aliphatic carboxylic acids is 1. The number of hydrogen-bond acceptors (Lipinski definition) is 6. The van der Waals surface area contributed by atoms with Crippen LogP contribution in [-0.4, -0.2) is 67.2 Å². The van der Waals surface area contributed by atoms with Gasteiger partial charge in [-0.1, -0.05) is 30.1 Å². The van der Waals surface area contributed by atoms with Crippen molar-refractivity contribution in [3.8, 4) is 0 Å². The molecule has 9 nitrogen and oxygen atoms in total. The molecule has 1 saturated carbocycles. The SMILES string of the molecule is C[C@H]1C[C@H](n2ncc(C(=O)N(CC(=O)c3c(Cl)cncc3Cl)C[C@@H]3CCC(C)(C)O3)c2C(F)(F)F)CC[C@@H]1C(=O)O. The molecule has 4 atom stereocenters. The summed E-state index contributed by atoms with van der Waals surface area (Å²) < 4.78 is 50.3. The van der Waals surface area contributed by atoms with Crippen molar-refractivity contribution in [1.82, 2.24) is 19.7 Å². The van der Waals surface area contributed by atoms with Crippen molar-refractivity contribution in [2.75, 3.05) is 13.1 Å². The average Bonchev–Trinajstić information content (AvgIpc) is 3.46. The number of carboxylic acid groups (broad SMARTS) is 1. The van der Waals surface area contributed by atoms with E-state index in [4.69, 9.17) is 27.9 Å². The molecule has 224 valence electrons. The van der Waals surface area contributed by atoms with Gasteiger partial charge in [-0.05, 0) is 51.9 Å². The Kier molecular flexibility index (Phi) is 9.06. The van der Waals surface area contributed by atoms with Crippen molar-refractivity contribution in [3.05, 3.63) is 45.5 Å². The highest BCUT2D eigenvalue weighted by Gasteiger charge is 2.45. The Balaban J connectivity index is 1.68. The molecule has 1 saturated heterocycles. The largest absolute Gasteiger partial charge is 0.481 e. The van der Waals surface area contributed by atoms with E-state index in [0.29, 0.717) is 12.8 Å². The predicted octanol–water partition coefficient (Wildman–Crippen LogP) is 5.95. The maximum atomic E-state index is 14.5. The van der Waals surface area contributed by atoms with Crippen molar-refractivity contribution in [2.45, 2.75) is 76.8 Å². The Morgan fingerprint density at radius 2 is 1.80 bits per heavy atom. The zero-order chi connectivity index (χ0) is 30.3. The molecular formula is C27H31Cl2F3N4O5. The molecule has 14 heteroatoms. The quantitative estimate of drug-likeness (QED) is 0.364. The van der Waals surface area contributed by atoms with Crippen molar-refractivity contribution in [2.24, 2.45) is 11.8 Å². The molecule has 2 aromatic heterocycles. The Hall–Kier alpha value is -2.70. The van der Waals surface area contributed by atoms with Gasteiger partial charge in [0.15, 0.2) is 11.5 Å². The molecule has 0 bridgehead atoms. The lowest BCUT2D eigenvalue weighted by atomic mass is 9.78. The number of rotatable bonds is 8. The first-order valence-electron chi connectivity index (χ1n) is 13.3. The van der Waals surface area contributed by atoms with Crippen LogP contribution in [0.1, 0.15) is 85.3 Å². The number of pyridine rings is 1. The summed E-state index contributed by atoms with van der Waals surface area (Å²) in [5.74, 6) is -3.76. The minimum atomic E-state index is -4.95. The molecule has 0 radical (unpaired) electrons. The summed E-state index contributed by atoms with van der Waals surface area (Å²) in [5, 5.41) is 13.3. The van der Waals surface area contributed by atoms with Crippen molar-refractivity contribution in [1.29, 1.82) is 0 Å². The molecule has 1 N–H and O–H groups in total. The maximum Gasteiger partial charge on any atom is 0.433 e. The molecule has 3 heterocycles. The molecular weight excluding hydrogens is 588 g/mol. The molecule has 2 aromatic rings. The second-order valence-corrected chi connectivity index (χ2v) is 12.2. The summed E-state index contributed by atoms with van der Waals surface area (Å²) in [4.78, 5) is 43.4. The number of nitrogens with zero attached hydrogens (tertiary/aromatic N) is 4. The second kappa shape index (κ2) is 11.9. The normalized spacial score (nSPS) is 24.3. The van der Waals surface area contributed by atoms with Crippen LogP contribution in [0.2, 0.25) is 10.0 Å². The van der Waals surface area contributed by atoms with Crippen LogP contribution in [-0.2, 0) is 15.7 Å². The van der Waals surface area contributed by atoms with E-state index >= 15 is 0 Å². The van der Waals surface area contributed by atoms with Gasteiger partial charge in [-0.15, -0.1) is 0 Å². The number of carboxylic acids is 1. The summed E-state index contributed by atoms with van der Waals surface area (Å²) in [5.41, 5.74) is -2.53. The summed E-state index contributed by atoms with van der Waals surface area (Å²) >= 11 is 12.3. The number of amides is 1. The van der Waals surface area contributed by atoms with Crippen molar-refractivity contribution >= 4 is 40.9 Å². The van der Waals surface area contributed by atoms with Crippen LogP contribution in [0.4, 0.5) is 13.2 Å². The molecule has 1 aliphatic heterocycles. The maximum absolute atomic E-state index is 14.5. The summed E-state index contributed by atoms with van der Waals surface area (Å²) in [7, 11) is 0. The van der Waals surface area contributed by atoms with Crippen LogP contribution in [0.25, 0.3) is 0 Å². The number of carbonyl (C=O) groups is 3. The van der Waals surface area contributed by atoms with Gasteiger partial charge in [-0.3, -0.25) is 24.0 Å². The van der Waals surface area contributed by atoms with Gasteiger partial charge in [-0.25, -0.2) is 0 Å². The zero-order valence-corrected chi connectivity index (χ0v) is 24.3. The highest BCUT2D eigenvalue weighted by molar-refractivity contribution is 6.39. The minimum absolute atomic E-state index is 0.0527. The molecule has 4 rings (SSSR count). The Morgan fingerprint density at radius 1 is 1.15 bits per heavy atom. The highest BCUT2D eigenvalue weighted by atomic mass is 35.5. The van der Waals surface area contributed by atoms with E-state index in [2.05, 4.69) is 10.1 Å². The fourth-order valence-corrected chi connectivity index (χ4v) is 6.38. The molecule has 0 aromatic carbocycles. The first kappa shape index (κ1) is 31.2. The average molecular weight is 619 g/mol. The number of ether oxygens (including phenoxy) is 1. The van der Waals surface area contributed by atoms with Gasteiger partial charge in [0.05, 0.1) is 57.6 Å². The molecule has 41 heavy (non-hydrogen) atoms. The summed E-state index contributed by atoms with van der Waals surface area (Å²) in [6.07, 6.45) is -0.478. The van der Waals surface area contributed by atoms with Gasteiger partial charge in [0.2, 0.25) is 0 Å². The molecule has 0 spiro atoms. The molecule has 0 unspecified atom stereocenters. The zero-order valence-electron chi connectivity index (χ0n) is 22.8. The van der Waals surface area contributed by atoms with Crippen LogP contribution in [0, 0.1) is 11.8 Å². The van der Waals surface area contributed by atoms with E-state index in [1.807, 2.05) is 13.8 Å². The Bertz CT molecular complexity index is 1310. The van der Waals surface area contributed by atoms with Gasteiger partial charge in [0, 0.05) is 18.9 Å². The lowest BCUT2D eigenvalue weighted by molar-refractivity contribution is -0.149. The molecule has 2 aliphatic rings. The number of aromatic nitrogens is 3. The lowest BCUT2D eigenvalue weighted by Gasteiger charge is -2.33. The van der Waals surface area contributed by atoms with E-state index in [1.54, 1.807) is 6.92 Å². The van der Waals surface area contributed by atoms with Crippen molar-refractivity contribution < 1.29 is 37.4 Å². The highest BCUT2D eigenvalue weighted by Crippen LogP contribution is 2.41. The van der Waals surface area contributed by atoms with Gasteiger partial charge >= 0.3 is 12.1 Å². The first-order chi connectivity index (χ1) is 19.1. The Morgan fingerprint density at radius 3 is 2.34 bits per heavy atom. The van der Waals surface area contributed by atoms with E-state index < -0.39 is 65.3 Å². The topological polar surface area (TPSA) is 115 Å². The minimum Gasteiger partial charge on any atom is -0.481 e. The van der Waals surface area contributed by atoms with Crippen LogP contribution in [0.3, 0.4) is 0 Å². The number of ketones is 1. The van der Waals surface area contributed by atoms with Crippen LogP contribution >= 0.6 is 23.2 Å². The van der Waals surface area contributed by atoms with Crippen molar-refractivity contribution in [3.63, 3.8) is 0 Å². The smallest absolute Gasteiger partial charge is 0.433 e. The standard InChI is InChI=1S/C27H31Cl2F3N4O5/c1-14-8-15(4-5-17(14)25(39)40)36-23(27(30,31)32)18(9-34-36)24(38)35(12-16-6-7-26(2,3)41-16)13-21(37)22-19(28)10-33-11-20(22)29/h9-11,14-17H,4-8,12-13H2,1-3H3,(H,39,40)/t14-,15+,16-,17-/m0/s1. The van der Waals surface area contributed by atoms with E-state index in [9.17, 15) is 32.7 Å². The van der Waals surface area contributed by atoms with E-state index in [1.165, 1.54) is 12.4 Å². The summed E-state index contributed by atoms with van der Waals surface area (Å²) in [6.45, 7) is 4.67. The number of hydrogen-bond donors (Lipinski definition) is 1. The van der Waals surface area contributed by atoms with E-state index in [0.717, 1.165) is 15.8 Å². The third-order valence-electron chi connectivity index (χ3n) is 7.83. The van der Waals surface area contributed by atoms with E-state index in [-0.39, 0.29) is 47.3 Å². The first-order valence-corrected chi connectivity index (χ1v) is 14.0. The van der Waals surface area contributed by atoms with Crippen LogP contribution < -0.4 is 0 Å². The third kappa shape index (κ3) is 6.86. The van der Waals surface area contributed by atoms with Crippen LogP contribution in [0.15, 0.2) is 18.6 Å². The fraction of sp³-hybridized carbons (Fsp3) is 0.593. The number of carbonyl (C=O) groups excluding carboxylic acids is 2. The van der Waals surface area contributed by atoms with Gasteiger partial charge in [0.25, 0.3) is 5.91 Å². The monoisotopic (exact) mass is 618 g/mol. The molecule has 2 fully saturated rings. The lowest BCUT2D eigenvalue weighted by Crippen LogP contribution is -2.42. The molecule has 1 amide bonds. The van der Waals surface area contributed by atoms with Crippen LogP contribution in [0.5, 0.6) is 0 Å². The number of alkyl halides is 3. The number of halogens is 5. The Labute approximate surface area is 244 Å².